The van der Waals surface area contributed by atoms with Crippen molar-refractivity contribution in [2.75, 3.05) is 90.4 Å². The molecule has 3 aromatic rings. The zero-order valence-electron chi connectivity index (χ0n) is 30.4. The molecule has 2 unspecified atom stereocenters. The number of piperazine rings is 2. The molecule has 0 bridgehead atoms. The van der Waals surface area contributed by atoms with Gasteiger partial charge in [0.05, 0.1) is 10.0 Å². The third-order valence-corrected chi connectivity index (χ3v) is 11.4. The normalized spacial score (nSPS) is 22.1. The van der Waals surface area contributed by atoms with E-state index in [-0.39, 0.29) is 18.5 Å². The van der Waals surface area contributed by atoms with E-state index in [9.17, 15) is 9.59 Å². The van der Waals surface area contributed by atoms with Crippen LogP contribution < -0.4 is 10.6 Å². The molecule has 0 spiro atoms. The second-order valence-corrected chi connectivity index (χ2v) is 15.6. The number of carbonyl (C=O) groups is 2. The predicted molar refractivity (Wildman–Crippen MR) is 212 cm³/mol. The molecular formula is C41H55Cl2N7O2. The summed E-state index contributed by atoms with van der Waals surface area (Å²) in [7, 11) is 0. The quantitative estimate of drug-likeness (QED) is 0.265. The van der Waals surface area contributed by atoms with Crippen LogP contribution in [0.15, 0.2) is 78.9 Å². The van der Waals surface area contributed by atoms with Gasteiger partial charge < -0.3 is 25.3 Å². The third kappa shape index (κ3) is 11.9. The minimum Gasteiger partial charge on any atom is -0.339 e. The van der Waals surface area contributed by atoms with Crippen LogP contribution in [0.4, 0.5) is 10.5 Å². The molecular weight excluding hydrogens is 693 g/mol. The molecule has 4 aliphatic rings. The van der Waals surface area contributed by atoms with Crippen molar-refractivity contribution in [1.82, 2.24) is 29.8 Å². The zero-order chi connectivity index (χ0) is 36.1. The zero-order valence-corrected chi connectivity index (χ0v) is 31.9. The molecule has 3 amide bonds. The van der Waals surface area contributed by atoms with Crippen LogP contribution in [-0.4, -0.2) is 122 Å². The Labute approximate surface area is 320 Å². The molecule has 11 heteroatoms. The number of urea groups is 1. The number of anilines is 1. The lowest BCUT2D eigenvalue weighted by Gasteiger charge is -2.39. The molecule has 0 saturated carbocycles. The van der Waals surface area contributed by atoms with Crippen molar-refractivity contribution < 1.29 is 9.59 Å². The van der Waals surface area contributed by atoms with Gasteiger partial charge in [-0.15, -0.1) is 0 Å². The molecule has 4 heterocycles. The summed E-state index contributed by atoms with van der Waals surface area (Å²) in [5, 5.41) is 7.04. The number of nitrogens with one attached hydrogen (secondary N) is 2. The Morgan fingerprint density at radius 2 is 1.29 bits per heavy atom. The molecule has 4 aliphatic heterocycles. The van der Waals surface area contributed by atoms with Gasteiger partial charge in [-0.1, -0.05) is 83.9 Å². The van der Waals surface area contributed by atoms with E-state index in [2.05, 4.69) is 79.9 Å². The number of nitrogens with zero attached hydrogens (tertiary/aromatic N) is 5. The molecule has 0 radical (unpaired) electrons. The monoisotopic (exact) mass is 747 g/mol. The highest BCUT2D eigenvalue weighted by Crippen LogP contribution is 2.26. The van der Waals surface area contributed by atoms with Gasteiger partial charge >= 0.3 is 6.03 Å². The first-order valence-electron chi connectivity index (χ1n) is 19.1. The Hall–Kier alpha value is -3.18. The van der Waals surface area contributed by atoms with E-state index >= 15 is 0 Å². The number of amides is 3. The SMILES string of the molecule is O=C1CN(C(=O)Nc2ccc(Cl)c(Cl)c2)CCN1CC1CCCN(Cc2ccccc2)C1.c1ccc(CN2CCCC(CN3CCNCC3)C2)cc1. The summed E-state index contributed by atoms with van der Waals surface area (Å²) in [4.78, 5) is 36.6. The van der Waals surface area contributed by atoms with E-state index in [1.165, 1.54) is 69.8 Å². The van der Waals surface area contributed by atoms with E-state index < -0.39 is 0 Å². The van der Waals surface area contributed by atoms with Gasteiger partial charge in [-0.2, -0.15) is 0 Å². The minimum atomic E-state index is -0.303. The highest BCUT2D eigenvalue weighted by atomic mass is 35.5. The van der Waals surface area contributed by atoms with Gasteiger partial charge in [0.2, 0.25) is 5.91 Å². The lowest BCUT2D eigenvalue weighted by Crippen LogP contribution is -2.55. The van der Waals surface area contributed by atoms with Crippen molar-refractivity contribution in [2.24, 2.45) is 11.8 Å². The summed E-state index contributed by atoms with van der Waals surface area (Å²) < 4.78 is 0. The average Bonchev–Trinajstić information content (AvgIpc) is 3.16. The molecule has 0 aromatic heterocycles. The second-order valence-electron chi connectivity index (χ2n) is 14.8. The first kappa shape index (κ1) is 38.5. The van der Waals surface area contributed by atoms with Gasteiger partial charge in [0.25, 0.3) is 0 Å². The molecule has 0 aliphatic carbocycles. The Balaban J connectivity index is 0.000000198. The van der Waals surface area contributed by atoms with E-state index in [4.69, 9.17) is 23.2 Å². The number of halogens is 2. The van der Waals surface area contributed by atoms with Crippen LogP contribution in [0.3, 0.4) is 0 Å². The summed E-state index contributed by atoms with van der Waals surface area (Å²) in [6.45, 7) is 14.7. The summed E-state index contributed by atoms with van der Waals surface area (Å²) >= 11 is 11.9. The topological polar surface area (TPSA) is 74.4 Å². The van der Waals surface area contributed by atoms with Gasteiger partial charge in [-0.3, -0.25) is 14.6 Å². The predicted octanol–water partition coefficient (Wildman–Crippen LogP) is 6.39. The standard InChI is InChI=1S/C24H28Cl2N4O2.C17H27N3/c25-21-9-8-20(13-22(21)26)27-24(32)30-12-11-29(23(31)17-30)16-19-7-4-10-28(15-19)14-18-5-2-1-3-6-18;1-2-5-16(6-3-1)13-20-10-4-7-17(15-20)14-19-11-8-18-9-12-19/h1-3,5-6,8-9,13,19H,4,7,10-12,14-17H2,(H,27,32);1-3,5-6,17-18H,4,7-15H2. The second kappa shape index (κ2) is 19.8. The van der Waals surface area contributed by atoms with Gasteiger partial charge in [-0.05, 0) is 79.9 Å². The number of hydrogen-bond donors (Lipinski definition) is 2. The summed E-state index contributed by atoms with van der Waals surface area (Å²) in [6.07, 6.45) is 5.06. The van der Waals surface area contributed by atoms with Gasteiger partial charge in [0.1, 0.15) is 6.54 Å². The fourth-order valence-corrected chi connectivity index (χ4v) is 8.29. The molecule has 7 rings (SSSR count). The fourth-order valence-electron chi connectivity index (χ4n) is 7.99. The minimum absolute atomic E-state index is 0.000668. The number of rotatable bonds is 9. The first-order valence-corrected chi connectivity index (χ1v) is 19.9. The van der Waals surface area contributed by atoms with Crippen molar-refractivity contribution >= 4 is 40.8 Å². The lowest BCUT2D eigenvalue weighted by atomic mass is 9.96. The number of piperidine rings is 2. The molecule has 4 fully saturated rings. The molecule has 4 saturated heterocycles. The van der Waals surface area contributed by atoms with E-state index in [1.807, 2.05) is 11.0 Å². The first-order chi connectivity index (χ1) is 25.4. The highest BCUT2D eigenvalue weighted by Gasteiger charge is 2.30. The Kier molecular flexibility index (Phi) is 14.7. The van der Waals surface area contributed by atoms with Crippen LogP contribution in [0.1, 0.15) is 36.8 Å². The van der Waals surface area contributed by atoms with Crippen LogP contribution in [0.2, 0.25) is 10.0 Å². The van der Waals surface area contributed by atoms with Crippen molar-refractivity contribution in [1.29, 1.82) is 0 Å². The maximum absolute atomic E-state index is 12.8. The molecule has 2 atom stereocenters. The van der Waals surface area contributed by atoms with Crippen molar-refractivity contribution in [3.8, 4) is 0 Å². The Bertz CT molecular complexity index is 1560. The maximum Gasteiger partial charge on any atom is 0.322 e. The molecule has 3 aromatic carbocycles. The largest absolute Gasteiger partial charge is 0.339 e. The van der Waals surface area contributed by atoms with Gasteiger partial charge in [0.15, 0.2) is 0 Å². The molecule has 2 N–H and O–H groups in total. The van der Waals surface area contributed by atoms with Crippen LogP contribution in [0, 0.1) is 11.8 Å². The molecule has 52 heavy (non-hydrogen) atoms. The van der Waals surface area contributed by atoms with Crippen LogP contribution in [-0.2, 0) is 17.9 Å². The van der Waals surface area contributed by atoms with Crippen molar-refractivity contribution in [3.05, 3.63) is 100 Å². The highest BCUT2D eigenvalue weighted by molar-refractivity contribution is 6.42. The van der Waals surface area contributed by atoms with Crippen LogP contribution >= 0.6 is 23.2 Å². The van der Waals surface area contributed by atoms with E-state index in [0.29, 0.717) is 34.7 Å². The Morgan fingerprint density at radius 1 is 0.692 bits per heavy atom. The molecule has 280 valence electrons. The van der Waals surface area contributed by atoms with Gasteiger partial charge in [-0.25, -0.2) is 4.79 Å². The Morgan fingerprint density at radius 3 is 1.87 bits per heavy atom. The van der Waals surface area contributed by atoms with Crippen LogP contribution in [0.5, 0.6) is 0 Å². The van der Waals surface area contributed by atoms with E-state index in [0.717, 1.165) is 51.5 Å². The third-order valence-electron chi connectivity index (χ3n) is 10.7. The summed E-state index contributed by atoms with van der Waals surface area (Å²) in [6, 6.07) is 26.0. The molecule has 9 nitrogen and oxygen atoms in total. The smallest absolute Gasteiger partial charge is 0.322 e. The van der Waals surface area contributed by atoms with Crippen LogP contribution in [0.25, 0.3) is 0 Å². The maximum atomic E-state index is 12.8. The number of benzene rings is 3. The van der Waals surface area contributed by atoms with Gasteiger partial charge in [0, 0.05) is 84.2 Å². The van der Waals surface area contributed by atoms with Crippen molar-refractivity contribution in [3.63, 3.8) is 0 Å². The van der Waals surface area contributed by atoms with Crippen molar-refractivity contribution in [2.45, 2.75) is 38.8 Å². The number of carbonyl (C=O) groups excluding carboxylic acids is 2. The van der Waals surface area contributed by atoms with E-state index in [1.54, 1.807) is 23.1 Å². The number of hydrogen-bond acceptors (Lipinski definition) is 6. The summed E-state index contributed by atoms with van der Waals surface area (Å²) in [5.74, 6) is 1.33. The lowest BCUT2D eigenvalue weighted by molar-refractivity contribution is -0.135. The average molecular weight is 749 g/mol. The number of likely N-dealkylation sites (tertiary alicyclic amines) is 2. The fraction of sp³-hybridized carbons (Fsp3) is 0.512. The summed E-state index contributed by atoms with van der Waals surface area (Å²) in [5.41, 5.74) is 3.33.